The van der Waals surface area contributed by atoms with Crippen LogP contribution in [0.5, 0.6) is 0 Å². The number of anilines is 2. The van der Waals surface area contributed by atoms with Crippen molar-refractivity contribution in [3.63, 3.8) is 0 Å². The zero-order chi connectivity index (χ0) is 12.3. The third kappa shape index (κ3) is 3.04. The van der Waals surface area contributed by atoms with E-state index in [0.29, 0.717) is 4.90 Å². The Hall–Kier alpha value is -1.40. The largest absolute Gasteiger partial charge is 0.383 e. The SMILES string of the molecule is Nc1ncc(Br)cc1S(=O)Nc1ccccc1. The monoisotopic (exact) mass is 311 g/mol. The van der Waals surface area contributed by atoms with Crippen LogP contribution >= 0.6 is 15.9 Å². The van der Waals surface area contributed by atoms with Crippen molar-refractivity contribution in [1.82, 2.24) is 4.98 Å². The van der Waals surface area contributed by atoms with Gasteiger partial charge in [0, 0.05) is 16.4 Å². The van der Waals surface area contributed by atoms with Crippen LogP contribution in [0, 0.1) is 0 Å². The lowest BCUT2D eigenvalue weighted by Crippen LogP contribution is -2.08. The molecule has 0 aliphatic rings. The number of hydrogen-bond acceptors (Lipinski definition) is 3. The molecule has 88 valence electrons. The first-order valence-corrected chi connectivity index (χ1v) is 6.75. The van der Waals surface area contributed by atoms with Crippen LogP contribution in [0.15, 0.2) is 52.0 Å². The molecule has 1 heterocycles. The number of rotatable bonds is 3. The van der Waals surface area contributed by atoms with Gasteiger partial charge in [0.05, 0.1) is 0 Å². The van der Waals surface area contributed by atoms with E-state index in [2.05, 4.69) is 25.6 Å². The lowest BCUT2D eigenvalue weighted by Gasteiger charge is -2.07. The first-order valence-electron chi connectivity index (χ1n) is 4.81. The van der Waals surface area contributed by atoms with Gasteiger partial charge in [-0.2, -0.15) is 0 Å². The van der Waals surface area contributed by atoms with Gasteiger partial charge in [0.1, 0.15) is 10.7 Å². The number of pyridine rings is 1. The fourth-order valence-electron chi connectivity index (χ4n) is 1.25. The maximum Gasteiger partial charge on any atom is 0.154 e. The number of nitrogen functional groups attached to an aromatic ring is 1. The van der Waals surface area contributed by atoms with Gasteiger partial charge in [0.15, 0.2) is 11.0 Å². The van der Waals surface area contributed by atoms with Gasteiger partial charge in [-0.1, -0.05) is 18.2 Å². The summed E-state index contributed by atoms with van der Waals surface area (Å²) in [6.07, 6.45) is 1.57. The second-order valence-electron chi connectivity index (χ2n) is 3.27. The molecule has 0 saturated heterocycles. The van der Waals surface area contributed by atoms with Gasteiger partial charge in [-0.25, -0.2) is 9.19 Å². The van der Waals surface area contributed by atoms with E-state index in [9.17, 15) is 4.21 Å². The second-order valence-corrected chi connectivity index (χ2v) is 5.37. The van der Waals surface area contributed by atoms with Gasteiger partial charge in [-0.3, -0.25) is 0 Å². The van der Waals surface area contributed by atoms with Gasteiger partial charge in [0.2, 0.25) is 0 Å². The Morgan fingerprint density at radius 2 is 2.00 bits per heavy atom. The maximum absolute atomic E-state index is 12.0. The van der Waals surface area contributed by atoms with E-state index in [-0.39, 0.29) is 5.82 Å². The van der Waals surface area contributed by atoms with Crippen molar-refractivity contribution >= 4 is 38.4 Å². The molecule has 2 aromatic rings. The lowest BCUT2D eigenvalue weighted by atomic mass is 10.3. The standard InChI is InChI=1S/C11H10BrN3OS/c12-8-6-10(11(13)14-7-8)17(16)15-9-4-2-1-3-5-9/h1-7,15H,(H2,13,14). The van der Waals surface area contributed by atoms with Gasteiger partial charge in [-0.15, -0.1) is 0 Å². The number of nitrogens with one attached hydrogen (secondary N) is 1. The van der Waals surface area contributed by atoms with Crippen LogP contribution < -0.4 is 10.5 Å². The number of nitrogens with two attached hydrogens (primary N) is 1. The van der Waals surface area contributed by atoms with Crippen molar-refractivity contribution in [3.8, 4) is 0 Å². The Bertz CT molecular complexity index is 548. The molecule has 0 amide bonds. The van der Waals surface area contributed by atoms with Crippen LogP contribution in [0.4, 0.5) is 11.5 Å². The van der Waals surface area contributed by atoms with Crippen molar-refractivity contribution in [2.45, 2.75) is 4.90 Å². The predicted octanol–water partition coefficient (Wildman–Crippen LogP) is 2.56. The Morgan fingerprint density at radius 3 is 2.71 bits per heavy atom. The van der Waals surface area contributed by atoms with Crippen LogP contribution in [-0.4, -0.2) is 9.19 Å². The number of hydrogen-bond donors (Lipinski definition) is 2. The van der Waals surface area contributed by atoms with Crippen LogP contribution in [0.1, 0.15) is 0 Å². The van der Waals surface area contributed by atoms with Crippen molar-refractivity contribution in [2.24, 2.45) is 0 Å². The summed E-state index contributed by atoms with van der Waals surface area (Å²) in [6.45, 7) is 0. The third-order valence-electron chi connectivity index (χ3n) is 2.03. The van der Waals surface area contributed by atoms with Crippen LogP contribution in [-0.2, 0) is 11.0 Å². The summed E-state index contributed by atoms with van der Waals surface area (Å²) in [5.41, 5.74) is 6.45. The van der Waals surface area contributed by atoms with Gasteiger partial charge >= 0.3 is 0 Å². The first-order chi connectivity index (χ1) is 8.16. The summed E-state index contributed by atoms with van der Waals surface area (Å²) in [4.78, 5) is 4.40. The molecule has 1 aromatic heterocycles. The Labute approximate surface area is 110 Å². The first kappa shape index (κ1) is 12.1. The average Bonchev–Trinajstić information content (AvgIpc) is 2.33. The predicted molar refractivity (Wildman–Crippen MR) is 72.8 cm³/mol. The molecule has 4 nitrogen and oxygen atoms in total. The maximum atomic E-state index is 12.0. The molecule has 2 rings (SSSR count). The number of benzene rings is 1. The van der Waals surface area contributed by atoms with Gasteiger partial charge in [-0.05, 0) is 34.1 Å². The summed E-state index contributed by atoms with van der Waals surface area (Å²) in [6, 6.07) is 11.0. The fourth-order valence-corrected chi connectivity index (χ4v) is 2.67. The number of nitrogens with zero attached hydrogens (tertiary/aromatic N) is 1. The van der Waals surface area contributed by atoms with Crippen LogP contribution in [0.2, 0.25) is 0 Å². The average molecular weight is 312 g/mol. The smallest absolute Gasteiger partial charge is 0.154 e. The molecule has 1 atom stereocenters. The summed E-state index contributed by atoms with van der Waals surface area (Å²) in [5.74, 6) is 0.259. The molecule has 0 bridgehead atoms. The van der Waals surface area contributed by atoms with Crippen molar-refractivity contribution in [3.05, 3.63) is 47.1 Å². The summed E-state index contributed by atoms with van der Waals surface area (Å²) >= 11 is 3.27. The molecule has 0 radical (unpaired) electrons. The molecule has 1 unspecified atom stereocenters. The zero-order valence-corrected chi connectivity index (χ0v) is 11.2. The number of para-hydroxylation sites is 1. The van der Waals surface area contributed by atoms with E-state index in [1.54, 1.807) is 12.3 Å². The van der Waals surface area contributed by atoms with Crippen molar-refractivity contribution in [1.29, 1.82) is 0 Å². The quantitative estimate of drug-likeness (QED) is 0.915. The van der Waals surface area contributed by atoms with Crippen molar-refractivity contribution in [2.75, 3.05) is 10.5 Å². The molecule has 3 N–H and O–H groups in total. The summed E-state index contributed by atoms with van der Waals surface area (Å²) < 4.78 is 15.6. The minimum Gasteiger partial charge on any atom is -0.383 e. The molecule has 0 spiro atoms. The van der Waals surface area contributed by atoms with E-state index in [0.717, 1.165) is 10.2 Å². The molecular weight excluding hydrogens is 302 g/mol. The number of halogens is 1. The van der Waals surface area contributed by atoms with E-state index < -0.39 is 11.0 Å². The Kier molecular flexibility index (Phi) is 3.75. The van der Waals surface area contributed by atoms with Gasteiger partial charge in [0.25, 0.3) is 0 Å². The summed E-state index contributed by atoms with van der Waals surface area (Å²) in [7, 11) is -1.42. The Balaban J connectivity index is 2.23. The highest BCUT2D eigenvalue weighted by Crippen LogP contribution is 2.20. The molecule has 0 aliphatic heterocycles. The van der Waals surface area contributed by atoms with E-state index >= 15 is 0 Å². The third-order valence-corrected chi connectivity index (χ3v) is 3.61. The van der Waals surface area contributed by atoms with E-state index in [1.165, 1.54) is 0 Å². The number of aromatic nitrogens is 1. The topological polar surface area (TPSA) is 68.0 Å². The molecule has 0 fully saturated rings. The highest BCUT2D eigenvalue weighted by molar-refractivity contribution is 9.10. The van der Waals surface area contributed by atoms with E-state index in [1.807, 2.05) is 30.3 Å². The molecule has 1 aromatic carbocycles. The molecule has 0 saturated carbocycles. The summed E-state index contributed by atoms with van der Waals surface area (Å²) in [5, 5.41) is 0. The second kappa shape index (κ2) is 5.29. The fraction of sp³-hybridized carbons (Fsp3) is 0. The van der Waals surface area contributed by atoms with Crippen molar-refractivity contribution < 1.29 is 4.21 Å². The highest BCUT2D eigenvalue weighted by atomic mass is 79.9. The molecular formula is C11H10BrN3OS. The molecule has 6 heteroatoms. The lowest BCUT2D eigenvalue weighted by molar-refractivity contribution is 0.686. The minimum absolute atomic E-state index is 0.259. The zero-order valence-electron chi connectivity index (χ0n) is 8.76. The van der Waals surface area contributed by atoms with Gasteiger partial charge < -0.3 is 10.5 Å². The van der Waals surface area contributed by atoms with E-state index in [4.69, 9.17) is 5.73 Å². The minimum atomic E-state index is -1.42. The molecule has 0 aliphatic carbocycles. The van der Waals surface area contributed by atoms with Crippen LogP contribution in [0.3, 0.4) is 0 Å². The normalized spacial score (nSPS) is 12.1. The highest BCUT2D eigenvalue weighted by Gasteiger charge is 2.09. The molecule has 17 heavy (non-hydrogen) atoms. The Morgan fingerprint density at radius 1 is 1.29 bits per heavy atom. The van der Waals surface area contributed by atoms with Crippen LogP contribution in [0.25, 0.3) is 0 Å².